The predicted molar refractivity (Wildman–Crippen MR) is 143 cm³/mol. The van der Waals surface area contributed by atoms with Gasteiger partial charge in [-0.25, -0.2) is 9.78 Å². The average molecular weight is 506 g/mol. The van der Waals surface area contributed by atoms with Gasteiger partial charge in [0.2, 0.25) is 5.91 Å². The van der Waals surface area contributed by atoms with E-state index in [2.05, 4.69) is 59.6 Å². The summed E-state index contributed by atoms with van der Waals surface area (Å²) < 4.78 is 0. The standard InChI is InChI=1S/C29H39N5O3/c1-32(2)29(23-9-4-3-5-10-23)17-15-27(16-18-29)21-33(26(36)34(27)22-28(37)13-8-14-28)20-12-25(35)31-24-11-6-7-19-30-24/h3-7,9-11,19,37H,8,12-18,20-22H2,1-2H3,(H,30,31,35)/t27-,29-. The number of rotatable bonds is 8. The van der Waals surface area contributed by atoms with Crippen LogP contribution in [0.5, 0.6) is 0 Å². The van der Waals surface area contributed by atoms with Gasteiger partial charge in [0.15, 0.2) is 0 Å². The molecule has 2 aliphatic carbocycles. The highest BCUT2D eigenvalue weighted by atomic mass is 16.3. The highest BCUT2D eigenvalue weighted by Gasteiger charge is 2.56. The maximum Gasteiger partial charge on any atom is 0.320 e. The number of aromatic nitrogens is 1. The largest absolute Gasteiger partial charge is 0.388 e. The van der Waals surface area contributed by atoms with E-state index in [0.717, 1.165) is 44.9 Å². The van der Waals surface area contributed by atoms with Crippen molar-refractivity contribution in [3.8, 4) is 0 Å². The highest BCUT2D eigenvalue weighted by Crippen LogP contribution is 2.50. The molecule has 2 N–H and O–H groups in total. The first-order chi connectivity index (χ1) is 17.8. The zero-order valence-electron chi connectivity index (χ0n) is 22.0. The lowest BCUT2D eigenvalue weighted by molar-refractivity contribution is -0.116. The fourth-order valence-electron chi connectivity index (χ4n) is 6.51. The number of β-amino-alcohol motifs (C(OH)–C–C–N with tert-alkyl or cyclic N) is 1. The Balaban J connectivity index is 1.32. The van der Waals surface area contributed by atoms with Crippen LogP contribution in [0.25, 0.3) is 0 Å². The van der Waals surface area contributed by atoms with Crippen LogP contribution < -0.4 is 5.32 Å². The number of aliphatic hydroxyl groups is 1. The highest BCUT2D eigenvalue weighted by molar-refractivity contribution is 5.90. The van der Waals surface area contributed by atoms with Gasteiger partial charge in [-0.3, -0.25) is 9.69 Å². The number of benzene rings is 1. The molecule has 1 aromatic heterocycles. The lowest BCUT2D eigenvalue weighted by Crippen LogP contribution is -2.59. The van der Waals surface area contributed by atoms with E-state index in [1.807, 2.05) is 15.9 Å². The Morgan fingerprint density at radius 3 is 2.32 bits per heavy atom. The molecule has 3 aliphatic rings. The van der Waals surface area contributed by atoms with Gasteiger partial charge in [0, 0.05) is 31.2 Å². The van der Waals surface area contributed by atoms with Crippen LogP contribution in [-0.2, 0) is 10.3 Å². The fraction of sp³-hybridized carbons (Fsp3) is 0.552. The zero-order chi connectivity index (χ0) is 26.1. The molecule has 8 heteroatoms. The van der Waals surface area contributed by atoms with Crippen LogP contribution in [-0.4, -0.2) is 81.6 Å². The summed E-state index contributed by atoms with van der Waals surface area (Å²) in [6.45, 7) is 1.32. The molecule has 2 aromatic rings. The van der Waals surface area contributed by atoms with Crippen molar-refractivity contribution in [2.75, 3.05) is 39.0 Å². The molecule has 2 saturated carbocycles. The number of nitrogens with zero attached hydrogens (tertiary/aromatic N) is 4. The van der Waals surface area contributed by atoms with Crippen LogP contribution in [0.2, 0.25) is 0 Å². The molecule has 1 aromatic carbocycles. The van der Waals surface area contributed by atoms with E-state index in [0.29, 0.717) is 25.5 Å². The smallest absolute Gasteiger partial charge is 0.320 e. The summed E-state index contributed by atoms with van der Waals surface area (Å²) in [5.41, 5.74) is 0.120. The maximum atomic E-state index is 13.7. The molecular formula is C29H39N5O3. The number of hydrogen-bond acceptors (Lipinski definition) is 5. The van der Waals surface area contributed by atoms with Gasteiger partial charge >= 0.3 is 6.03 Å². The molecule has 1 saturated heterocycles. The van der Waals surface area contributed by atoms with E-state index >= 15 is 0 Å². The molecule has 1 aliphatic heterocycles. The summed E-state index contributed by atoms with van der Waals surface area (Å²) in [6, 6.07) is 16.0. The van der Waals surface area contributed by atoms with Gasteiger partial charge in [-0.05, 0) is 76.7 Å². The van der Waals surface area contributed by atoms with Crippen molar-refractivity contribution in [1.29, 1.82) is 0 Å². The molecule has 0 unspecified atom stereocenters. The SMILES string of the molecule is CN(C)[C@]1(c2ccccc2)CC[C@@]2(CC1)CN(CCC(=O)Nc1ccccn1)C(=O)N2CC1(O)CCC1. The van der Waals surface area contributed by atoms with Crippen LogP contribution in [0, 0.1) is 0 Å². The van der Waals surface area contributed by atoms with E-state index in [9.17, 15) is 14.7 Å². The van der Waals surface area contributed by atoms with Crippen molar-refractivity contribution in [3.05, 3.63) is 60.3 Å². The minimum atomic E-state index is -0.787. The third kappa shape index (κ3) is 4.97. The van der Waals surface area contributed by atoms with Crippen molar-refractivity contribution >= 4 is 17.8 Å². The average Bonchev–Trinajstić information content (AvgIpc) is 3.13. The molecular weight excluding hydrogens is 466 g/mol. The Bertz CT molecular complexity index is 1100. The van der Waals surface area contributed by atoms with Gasteiger partial charge in [-0.2, -0.15) is 0 Å². The summed E-state index contributed by atoms with van der Waals surface area (Å²) in [5.74, 6) is 0.356. The second-order valence-electron chi connectivity index (χ2n) is 11.4. The molecule has 3 amide bonds. The number of carbonyl (C=O) groups excluding carboxylic acids is 2. The molecule has 198 valence electrons. The molecule has 5 rings (SSSR count). The Labute approximate surface area is 219 Å². The molecule has 2 heterocycles. The van der Waals surface area contributed by atoms with Crippen molar-refractivity contribution in [2.24, 2.45) is 0 Å². The monoisotopic (exact) mass is 505 g/mol. The van der Waals surface area contributed by atoms with Crippen LogP contribution in [0.4, 0.5) is 10.6 Å². The molecule has 0 bridgehead atoms. The van der Waals surface area contributed by atoms with Crippen LogP contribution in [0.3, 0.4) is 0 Å². The third-order valence-corrected chi connectivity index (χ3v) is 9.01. The second-order valence-corrected chi connectivity index (χ2v) is 11.4. The van der Waals surface area contributed by atoms with Gasteiger partial charge in [-0.1, -0.05) is 36.4 Å². The van der Waals surface area contributed by atoms with Crippen molar-refractivity contribution in [3.63, 3.8) is 0 Å². The Morgan fingerprint density at radius 1 is 1.03 bits per heavy atom. The van der Waals surface area contributed by atoms with E-state index < -0.39 is 5.60 Å². The fourth-order valence-corrected chi connectivity index (χ4v) is 6.51. The number of carbonyl (C=O) groups is 2. The molecule has 3 fully saturated rings. The first-order valence-corrected chi connectivity index (χ1v) is 13.5. The lowest BCUT2D eigenvalue weighted by Gasteiger charge is -2.52. The number of anilines is 1. The molecule has 8 nitrogen and oxygen atoms in total. The van der Waals surface area contributed by atoms with E-state index in [1.165, 1.54) is 5.56 Å². The molecule has 0 radical (unpaired) electrons. The maximum absolute atomic E-state index is 13.7. The third-order valence-electron chi connectivity index (χ3n) is 9.01. The van der Waals surface area contributed by atoms with E-state index in [-0.39, 0.29) is 29.4 Å². The summed E-state index contributed by atoms with van der Waals surface area (Å²) >= 11 is 0. The van der Waals surface area contributed by atoms with Crippen LogP contribution in [0.15, 0.2) is 54.7 Å². The normalized spacial score (nSPS) is 27.0. The molecule has 1 spiro atoms. The first kappa shape index (κ1) is 25.7. The van der Waals surface area contributed by atoms with Gasteiger partial charge in [0.1, 0.15) is 5.82 Å². The van der Waals surface area contributed by atoms with Crippen molar-refractivity contribution < 1.29 is 14.7 Å². The number of amides is 3. The Kier molecular flexibility index (Phi) is 6.98. The van der Waals surface area contributed by atoms with Crippen molar-refractivity contribution in [1.82, 2.24) is 19.7 Å². The Hall–Kier alpha value is -2.97. The van der Waals surface area contributed by atoms with Crippen molar-refractivity contribution in [2.45, 2.75) is 68.0 Å². The van der Waals surface area contributed by atoms with E-state index in [1.54, 1.807) is 18.3 Å². The lowest BCUT2D eigenvalue weighted by atomic mass is 9.67. The quantitative estimate of drug-likeness (QED) is 0.569. The summed E-state index contributed by atoms with van der Waals surface area (Å²) in [7, 11) is 4.29. The zero-order valence-corrected chi connectivity index (χ0v) is 22.0. The molecule has 0 atom stereocenters. The van der Waals surface area contributed by atoms with Gasteiger partial charge < -0.3 is 20.2 Å². The molecule has 37 heavy (non-hydrogen) atoms. The minimum absolute atomic E-state index is 0.0528. The minimum Gasteiger partial charge on any atom is -0.388 e. The number of hydrogen-bond donors (Lipinski definition) is 2. The van der Waals surface area contributed by atoms with E-state index in [4.69, 9.17) is 0 Å². The number of pyridine rings is 1. The van der Waals surface area contributed by atoms with Gasteiger partial charge in [0.05, 0.1) is 17.7 Å². The van der Waals surface area contributed by atoms with Crippen LogP contribution >= 0.6 is 0 Å². The van der Waals surface area contributed by atoms with Gasteiger partial charge in [0.25, 0.3) is 0 Å². The topological polar surface area (TPSA) is 89.0 Å². The first-order valence-electron chi connectivity index (χ1n) is 13.5. The second kappa shape index (κ2) is 10.1. The summed E-state index contributed by atoms with van der Waals surface area (Å²) in [5, 5.41) is 13.9. The van der Waals surface area contributed by atoms with Crippen LogP contribution in [0.1, 0.15) is 56.9 Å². The summed E-state index contributed by atoms with van der Waals surface area (Å²) in [6.07, 6.45) is 7.91. The number of nitrogens with one attached hydrogen (secondary N) is 1. The summed E-state index contributed by atoms with van der Waals surface area (Å²) in [4.78, 5) is 36.6. The van der Waals surface area contributed by atoms with Gasteiger partial charge in [-0.15, -0.1) is 0 Å². The Morgan fingerprint density at radius 2 is 1.73 bits per heavy atom. The predicted octanol–water partition coefficient (Wildman–Crippen LogP) is 3.83. The number of urea groups is 1.